The highest BCUT2D eigenvalue weighted by Crippen LogP contribution is 2.37. The van der Waals surface area contributed by atoms with Crippen molar-refractivity contribution in [3.8, 4) is 17.2 Å². The number of allylic oxidation sites excluding steroid dienone is 1. The van der Waals surface area contributed by atoms with E-state index in [1.165, 1.54) is 11.3 Å². The molecule has 0 saturated carbocycles. The van der Waals surface area contributed by atoms with Crippen molar-refractivity contribution < 1.29 is 23.4 Å². The van der Waals surface area contributed by atoms with Crippen molar-refractivity contribution in [3.05, 3.63) is 59.6 Å². The van der Waals surface area contributed by atoms with Crippen LogP contribution >= 0.6 is 11.3 Å². The Labute approximate surface area is 175 Å². The first-order chi connectivity index (χ1) is 14.7. The fourth-order valence-corrected chi connectivity index (χ4v) is 4.45. The third-order valence-electron chi connectivity index (χ3n) is 4.70. The quantitative estimate of drug-likeness (QED) is 0.443. The van der Waals surface area contributed by atoms with Crippen molar-refractivity contribution in [2.75, 3.05) is 13.4 Å². The van der Waals surface area contributed by atoms with Crippen molar-refractivity contribution in [3.63, 3.8) is 0 Å². The molecule has 1 amide bonds. The average Bonchev–Trinajstić information content (AvgIpc) is 3.44. The molecule has 8 heteroatoms. The number of amides is 1. The summed E-state index contributed by atoms with van der Waals surface area (Å²) in [6.45, 7) is 6.93. The van der Waals surface area contributed by atoms with Crippen LogP contribution in [0.3, 0.4) is 0 Å². The molecule has 1 aliphatic rings. The van der Waals surface area contributed by atoms with Gasteiger partial charge in [0.2, 0.25) is 6.79 Å². The van der Waals surface area contributed by atoms with Gasteiger partial charge < -0.3 is 23.2 Å². The molecule has 0 unspecified atom stereocenters. The monoisotopic (exact) mass is 422 g/mol. The highest BCUT2D eigenvalue weighted by atomic mass is 32.1. The molecule has 0 atom stereocenters. The number of ether oxygens (including phenoxy) is 3. The summed E-state index contributed by atoms with van der Waals surface area (Å²) in [6, 6.07) is 11.0. The lowest BCUT2D eigenvalue weighted by molar-refractivity contribution is 0.0973. The van der Waals surface area contributed by atoms with E-state index >= 15 is 0 Å². The minimum atomic E-state index is -0.460. The Morgan fingerprint density at radius 2 is 2.13 bits per heavy atom. The molecule has 1 aliphatic heterocycles. The van der Waals surface area contributed by atoms with Crippen LogP contribution in [0, 0.1) is 0 Å². The molecular formula is C22H18N2O5S. The fraction of sp³-hybridized carbons (Fsp3) is 0.182. The molecule has 0 N–H and O–H groups in total. The van der Waals surface area contributed by atoms with E-state index in [0.717, 1.165) is 15.6 Å². The van der Waals surface area contributed by atoms with Crippen LogP contribution in [-0.4, -0.2) is 23.9 Å². The van der Waals surface area contributed by atoms with Gasteiger partial charge in [-0.1, -0.05) is 29.5 Å². The lowest BCUT2D eigenvalue weighted by Crippen LogP contribution is -2.16. The molecule has 2 aromatic carbocycles. The molecule has 30 heavy (non-hydrogen) atoms. The number of aromatic nitrogens is 1. The summed E-state index contributed by atoms with van der Waals surface area (Å²) >= 11 is 1.40. The smallest absolute Gasteiger partial charge is 0.315 e. The zero-order valence-electron chi connectivity index (χ0n) is 16.2. The van der Waals surface area contributed by atoms with Gasteiger partial charge in [-0.05, 0) is 19.1 Å². The maximum atomic E-state index is 12.9. The Bertz CT molecular complexity index is 1360. The molecule has 7 nitrogen and oxygen atoms in total. The van der Waals surface area contributed by atoms with Crippen molar-refractivity contribution in [1.29, 1.82) is 0 Å². The Morgan fingerprint density at radius 1 is 1.30 bits per heavy atom. The van der Waals surface area contributed by atoms with Crippen LogP contribution in [0.1, 0.15) is 17.5 Å². The van der Waals surface area contributed by atoms with Crippen molar-refractivity contribution >= 4 is 38.4 Å². The van der Waals surface area contributed by atoms with Crippen LogP contribution in [0.4, 0.5) is 0 Å². The predicted molar refractivity (Wildman–Crippen MR) is 113 cm³/mol. The largest absolute Gasteiger partial charge is 0.490 e. The van der Waals surface area contributed by atoms with E-state index < -0.39 is 5.91 Å². The average molecular weight is 422 g/mol. The normalized spacial score (nSPS) is 13.3. The number of hydrogen-bond acceptors (Lipinski definition) is 6. The van der Waals surface area contributed by atoms with Crippen LogP contribution in [-0.2, 0) is 6.54 Å². The number of nitrogens with zero attached hydrogens (tertiary/aromatic N) is 2. The Kier molecular flexibility index (Phi) is 4.55. The summed E-state index contributed by atoms with van der Waals surface area (Å²) in [7, 11) is 0. The highest BCUT2D eigenvalue weighted by Gasteiger charge is 2.19. The van der Waals surface area contributed by atoms with Gasteiger partial charge in [0.1, 0.15) is 0 Å². The zero-order chi connectivity index (χ0) is 20.7. The fourth-order valence-electron chi connectivity index (χ4n) is 3.40. The van der Waals surface area contributed by atoms with Gasteiger partial charge >= 0.3 is 5.91 Å². The van der Waals surface area contributed by atoms with Crippen molar-refractivity contribution in [2.45, 2.75) is 13.5 Å². The number of rotatable bonds is 5. The molecule has 0 aliphatic carbocycles. The number of carbonyl (C=O) groups excluding carboxylic acids is 1. The summed E-state index contributed by atoms with van der Waals surface area (Å²) in [5.74, 6) is 1.67. The van der Waals surface area contributed by atoms with Gasteiger partial charge in [0.15, 0.2) is 33.4 Å². The first kappa shape index (κ1) is 18.5. The number of para-hydroxylation sites is 1. The first-order valence-electron chi connectivity index (χ1n) is 9.46. The number of carbonyl (C=O) groups is 1. The lowest BCUT2D eigenvalue weighted by atomic mass is 10.2. The van der Waals surface area contributed by atoms with Gasteiger partial charge in [0.25, 0.3) is 0 Å². The number of hydrogen-bond donors (Lipinski definition) is 0. The van der Waals surface area contributed by atoms with E-state index in [9.17, 15) is 4.79 Å². The van der Waals surface area contributed by atoms with Gasteiger partial charge in [-0.15, -0.1) is 6.58 Å². The molecule has 0 fully saturated rings. The van der Waals surface area contributed by atoms with Gasteiger partial charge in [-0.2, -0.15) is 4.99 Å². The molecule has 0 radical (unpaired) electrons. The van der Waals surface area contributed by atoms with Crippen molar-refractivity contribution in [1.82, 2.24) is 4.57 Å². The molecular weight excluding hydrogens is 404 g/mol. The Balaban J connectivity index is 1.61. The highest BCUT2D eigenvalue weighted by molar-refractivity contribution is 7.16. The van der Waals surface area contributed by atoms with Crippen LogP contribution in [0.5, 0.6) is 17.2 Å². The molecule has 152 valence electrons. The van der Waals surface area contributed by atoms with E-state index in [1.807, 2.05) is 41.8 Å². The van der Waals surface area contributed by atoms with Gasteiger partial charge in [0.05, 0.1) is 16.8 Å². The number of benzene rings is 2. The minimum absolute atomic E-state index is 0.161. The maximum absolute atomic E-state index is 12.9. The predicted octanol–water partition coefficient (Wildman–Crippen LogP) is 4.50. The summed E-state index contributed by atoms with van der Waals surface area (Å²) in [6.07, 6.45) is 1.76. The van der Waals surface area contributed by atoms with Crippen molar-refractivity contribution in [2.24, 2.45) is 4.99 Å². The van der Waals surface area contributed by atoms with Gasteiger partial charge in [0, 0.05) is 24.1 Å². The van der Waals surface area contributed by atoms with E-state index in [1.54, 1.807) is 12.1 Å². The Morgan fingerprint density at radius 3 is 2.93 bits per heavy atom. The summed E-state index contributed by atoms with van der Waals surface area (Å²) in [5.41, 5.74) is 1.44. The van der Waals surface area contributed by atoms with E-state index in [-0.39, 0.29) is 12.6 Å². The van der Waals surface area contributed by atoms with E-state index in [2.05, 4.69) is 11.6 Å². The second kappa shape index (κ2) is 7.38. The number of fused-ring (bicyclic) bond motifs is 3. The molecule has 5 rings (SSSR count). The van der Waals surface area contributed by atoms with E-state index in [0.29, 0.717) is 40.8 Å². The third-order valence-corrected chi connectivity index (χ3v) is 5.75. The first-order valence-corrected chi connectivity index (χ1v) is 10.3. The second-order valence-electron chi connectivity index (χ2n) is 6.59. The minimum Gasteiger partial charge on any atom is -0.490 e. The molecule has 0 spiro atoms. The maximum Gasteiger partial charge on any atom is 0.315 e. The number of furan rings is 1. The third kappa shape index (κ3) is 3.05. The van der Waals surface area contributed by atoms with Gasteiger partial charge in [-0.3, -0.25) is 4.79 Å². The molecule has 3 heterocycles. The SMILES string of the molecule is C=CCn1c(=NC(=O)c2cc3cccc(OCC)c3o2)sc2cc3c(cc21)OCO3. The standard InChI is InChI=1S/C22H18N2O5S/c1-3-8-24-14-10-16-17(28-12-27-16)11-19(14)30-22(24)23-21(25)18-9-13-6-5-7-15(26-4-2)20(13)29-18/h3,5-7,9-11H,1,4,8,12H2,2H3. The van der Waals surface area contributed by atoms with Crippen LogP contribution in [0.25, 0.3) is 21.2 Å². The Hall–Kier alpha value is -3.52. The van der Waals surface area contributed by atoms with Crippen LogP contribution in [0.15, 0.2) is 58.5 Å². The topological polar surface area (TPSA) is 75.2 Å². The lowest BCUT2D eigenvalue weighted by Gasteiger charge is -2.02. The number of thiazole rings is 1. The van der Waals surface area contributed by atoms with E-state index in [4.69, 9.17) is 18.6 Å². The van der Waals surface area contributed by atoms with Crippen LogP contribution in [0.2, 0.25) is 0 Å². The zero-order valence-corrected chi connectivity index (χ0v) is 17.0. The molecule has 4 aromatic rings. The molecule has 0 saturated heterocycles. The molecule has 0 bridgehead atoms. The summed E-state index contributed by atoms with van der Waals surface area (Å²) < 4.78 is 25.2. The summed E-state index contributed by atoms with van der Waals surface area (Å²) in [4.78, 5) is 17.8. The molecule has 2 aromatic heterocycles. The van der Waals surface area contributed by atoms with Crippen LogP contribution < -0.4 is 19.0 Å². The van der Waals surface area contributed by atoms with Gasteiger partial charge in [-0.25, -0.2) is 0 Å². The summed E-state index contributed by atoms with van der Waals surface area (Å²) in [5, 5.41) is 0.792. The second-order valence-corrected chi connectivity index (χ2v) is 7.60.